The lowest BCUT2D eigenvalue weighted by atomic mass is 10.0. The fourth-order valence-electron chi connectivity index (χ4n) is 2.58. The molecule has 1 unspecified atom stereocenters. The molecule has 1 fully saturated rings. The smallest absolute Gasteiger partial charge is 0.286 e. The fourth-order valence-corrected chi connectivity index (χ4v) is 3.44. The average molecular weight is 371 g/mol. The van der Waals surface area contributed by atoms with Crippen molar-refractivity contribution < 1.29 is 19.1 Å². The number of rotatable bonds is 6. The zero-order valence-electron chi connectivity index (χ0n) is 14.0. The minimum Gasteiger partial charge on any atom is -0.496 e. The molecule has 26 heavy (non-hydrogen) atoms. The first-order valence-electron chi connectivity index (χ1n) is 7.92. The maximum atomic E-state index is 12.6. The van der Waals surface area contributed by atoms with Crippen LogP contribution in [0.5, 0.6) is 5.75 Å². The molecule has 2 aromatic rings. The van der Waals surface area contributed by atoms with Crippen LogP contribution in [0.15, 0.2) is 42.7 Å². The highest BCUT2D eigenvalue weighted by atomic mass is 32.2. The Kier molecular flexibility index (Phi) is 5.52. The molecule has 1 aliphatic rings. The molecule has 7 nitrogen and oxygen atoms in total. The summed E-state index contributed by atoms with van der Waals surface area (Å²) in [7, 11) is 1.49. The van der Waals surface area contributed by atoms with Gasteiger partial charge in [-0.25, -0.2) is 0 Å². The van der Waals surface area contributed by atoms with Gasteiger partial charge in [0.15, 0.2) is 0 Å². The Balaban J connectivity index is 1.73. The zero-order chi connectivity index (χ0) is 18.5. The first-order valence-corrected chi connectivity index (χ1v) is 8.80. The van der Waals surface area contributed by atoms with Gasteiger partial charge in [0.1, 0.15) is 5.75 Å². The van der Waals surface area contributed by atoms with E-state index in [1.165, 1.54) is 7.11 Å². The third-order valence-corrected chi connectivity index (χ3v) is 4.88. The first-order chi connectivity index (χ1) is 12.6. The third-order valence-electron chi connectivity index (χ3n) is 3.90. The Morgan fingerprint density at radius 3 is 2.65 bits per heavy atom. The number of thioether (sulfide) groups is 1. The Morgan fingerprint density at radius 1 is 1.23 bits per heavy atom. The highest BCUT2D eigenvalue weighted by Crippen LogP contribution is 2.26. The summed E-state index contributed by atoms with van der Waals surface area (Å²) in [5, 5.41) is 4.28. The van der Waals surface area contributed by atoms with Crippen molar-refractivity contribution in [2.45, 2.75) is 18.2 Å². The zero-order valence-corrected chi connectivity index (χ0v) is 14.8. The molecule has 0 aliphatic carbocycles. The van der Waals surface area contributed by atoms with Crippen molar-refractivity contribution in [3.05, 3.63) is 59.4 Å². The van der Waals surface area contributed by atoms with Crippen molar-refractivity contribution in [3.63, 3.8) is 0 Å². The van der Waals surface area contributed by atoms with Crippen LogP contribution in [0.1, 0.15) is 21.5 Å². The lowest BCUT2D eigenvalue weighted by Crippen LogP contribution is -2.26. The van der Waals surface area contributed by atoms with E-state index >= 15 is 0 Å². The molecule has 2 N–H and O–H groups in total. The lowest BCUT2D eigenvalue weighted by Gasteiger charge is -2.12. The Bertz CT molecular complexity index is 842. The summed E-state index contributed by atoms with van der Waals surface area (Å²) in [6.07, 6.45) is 3.68. The maximum Gasteiger partial charge on any atom is 0.286 e. The summed E-state index contributed by atoms with van der Waals surface area (Å²) < 4.78 is 5.27. The van der Waals surface area contributed by atoms with Gasteiger partial charge in [-0.2, -0.15) is 0 Å². The summed E-state index contributed by atoms with van der Waals surface area (Å²) >= 11 is 0.963. The molecule has 3 amide bonds. The molecule has 1 atom stereocenters. The number of aromatic nitrogens is 1. The van der Waals surface area contributed by atoms with Gasteiger partial charge in [0.25, 0.3) is 11.1 Å². The third kappa shape index (κ3) is 4.20. The molecule has 0 radical (unpaired) electrons. The molecule has 2 heterocycles. The number of methoxy groups -OCH3 is 1. The van der Waals surface area contributed by atoms with Gasteiger partial charge < -0.3 is 10.1 Å². The number of nitrogens with zero attached hydrogens (tertiary/aromatic N) is 1. The van der Waals surface area contributed by atoms with Crippen molar-refractivity contribution in [1.82, 2.24) is 15.6 Å². The van der Waals surface area contributed by atoms with E-state index in [2.05, 4.69) is 15.6 Å². The Hall–Kier alpha value is -2.87. The molecular weight excluding hydrogens is 354 g/mol. The van der Waals surface area contributed by atoms with Crippen molar-refractivity contribution in [1.29, 1.82) is 0 Å². The number of hydrogen-bond acceptors (Lipinski definition) is 6. The highest BCUT2D eigenvalue weighted by molar-refractivity contribution is 8.15. The van der Waals surface area contributed by atoms with Crippen LogP contribution in [0.2, 0.25) is 0 Å². The number of pyridine rings is 1. The monoisotopic (exact) mass is 371 g/mol. The molecule has 0 spiro atoms. The van der Waals surface area contributed by atoms with Crippen LogP contribution in [-0.2, 0) is 17.8 Å². The van der Waals surface area contributed by atoms with E-state index in [9.17, 15) is 14.4 Å². The van der Waals surface area contributed by atoms with Crippen LogP contribution in [0.4, 0.5) is 4.79 Å². The predicted octanol–water partition coefficient (Wildman–Crippen LogP) is 1.91. The van der Waals surface area contributed by atoms with Gasteiger partial charge in [-0.3, -0.25) is 24.7 Å². The van der Waals surface area contributed by atoms with Crippen LogP contribution < -0.4 is 15.4 Å². The Labute approximate surface area is 154 Å². The SMILES string of the molecule is COc1ccc(CC2SC(=O)NC2=O)cc1C(=O)NCc1ccncc1. The standard InChI is InChI=1S/C18H17N3O4S/c1-25-14-3-2-12(9-15-17(23)21-18(24)26-15)8-13(14)16(22)20-10-11-4-6-19-7-5-11/h2-8,15H,9-10H2,1H3,(H,20,22)(H,21,23,24). The summed E-state index contributed by atoms with van der Waals surface area (Å²) in [5.41, 5.74) is 2.09. The fraction of sp³-hybridized carbons (Fsp3) is 0.222. The maximum absolute atomic E-state index is 12.6. The Morgan fingerprint density at radius 2 is 2.00 bits per heavy atom. The number of carbonyl (C=O) groups excluding carboxylic acids is 3. The van der Waals surface area contributed by atoms with Crippen LogP contribution in [0.3, 0.4) is 0 Å². The lowest BCUT2D eigenvalue weighted by molar-refractivity contribution is -0.118. The van der Waals surface area contributed by atoms with E-state index in [1.807, 2.05) is 12.1 Å². The van der Waals surface area contributed by atoms with Gasteiger partial charge in [-0.1, -0.05) is 17.8 Å². The van der Waals surface area contributed by atoms with Crippen molar-refractivity contribution in [2.24, 2.45) is 0 Å². The number of imide groups is 1. The highest BCUT2D eigenvalue weighted by Gasteiger charge is 2.31. The normalized spacial score (nSPS) is 16.3. The van der Waals surface area contributed by atoms with Crippen LogP contribution >= 0.6 is 11.8 Å². The predicted molar refractivity (Wildman–Crippen MR) is 97.0 cm³/mol. The molecule has 0 saturated carbocycles. The quantitative estimate of drug-likeness (QED) is 0.805. The molecule has 1 saturated heterocycles. The molecular formula is C18H17N3O4S. The molecule has 1 aromatic heterocycles. The van der Waals surface area contributed by atoms with E-state index in [0.717, 1.165) is 22.9 Å². The first kappa shape index (κ1) is 17.9. The van der Waals surface area contributed by atoms with E-state index in [1.54, 1.807) is 30.6 Å². The van der Waals surface area contributed by atoms with Gasteiger partial charge in [0, 0.05) is 18.9 Å². The second-order valence-corrected chi connectivity index (χ2v) is 6.84. The molecule has 3 rings (SSSR count). The number of ether oxygens (including phenoxy) is 1. The number of benzene rings is 1. The topological polar surface area (TPSA) is 97.4 Å². The number of hydrogen-bond donors (Lipinski definition) is 2. The molecule has 134 valence electrons. The number of nitrogens with one attached hydrogen (secondary N) is 2. The van der Waals surface area contributed by atoms with Crippen LogP contribution in [-0.4, -0.2) is 34.4 Å². The van der Waals surface area contributed by atoms with Crippen molar-refractivity contribution in [3.8, 4) is 5.75 Å². The number of amides is 3. The molecule has 1 aliphatic heterocycles. The van der Waals surface area contributed by atoms with E-state index in [-0.39, 0.29) is 17.1 Å². The van der Waals surface area contributed by atoms with E-state index in [0.29, 0.717) is 24.3 Å². The van der Waals surface area contributed by atoms with Crippen molar-refractivity contribution in [2.75, 3.05) is 7.11 Å². The summed E-state index contributed by atoms with van der Waals surface area (Å²) in [6, 6.07) is 8.81. The second-order valence-electron chi connectivity index (χ2n) is 5.66. The summed E-state index contributed by atoms with van der Waals surface area (Å²) in [5.74, 6) is -0.139. The van der Waals surface area contributed by atoms with Crippen LogP contribution in [0, 0.1) is 0 Å². The van der Waals surface area contributed by atoms with Gasteiger partial charge in [-0.05, 0) is 41.8 Å². The molecule has 1 aromatic carbocycles. The second kappa shape index (κ2) is 8.01. The number of carbonyl (C=O) groups is 3. The molecule has 0 bridgehead atoms. The minimum atomic E-state index is -0.483. The van der Waals surface area contributed by atoms with Gasteiger partial charge >= 0.3 is 0 Å². The van der Waals surface area contributed by atoms with E-state index in [4.69, 9.17) is 4.74 Å². The minimum absolute atomic E-state index is 0.278. The largest absolute Gasteiger partial charge is 0.496 e. The molecule has 8 heteroatoms. The van der Waals surface area contributed by atoms with Crippen molar-refractivity contribution >= 4 is 28.8 Å². The van der Waals surface area contributed by atoms with Gasteiger partial charge in [0.05, 0.1) is 17.9 Å². The average Bonchev–Trinajstić information content (AvgIpc) is 2.97. The van der Waals surface area contributed by atoms with Gasteiger partial charge in [-0.15, -0.1) is 0 Å². The van der Waals surface area contributed by atoms with E-state index < -0.39 is 5.25 Å². The summed E-state index contributed by atoms with van der Waals surface area (Å²) in [4.78, 5) is 39.5. The van der Waals surface area contributed by atoms with Crippen LogP contribution in [0.25, 0.3) is 0 Å². The van der Waals surface area contributed by atoms with Gasteiger partial charge in [0.2, 0.25) is 5.91 Å². The summed E-state index contributed by atoms with van der Waals surface area (Å²) in [6.45, 7) is 0.365.